The second kappa shape index (κ2) is 11.2. The number of aliphatic hydroxyl groups is 1. The van der Waals surface area contributed by atoms with Crippen LogP contribution in [0.5, 0.6) is 0 Å². The first-order valence-electron chi connectivity index (χ1n) is 13.2. The van der Waals surface area contributed by atoms with Gasteiger partial charge in [-0.3, -0.25) is 4.98 Å². The summed E-state index contributed by atoms with van der Waals surface area (Å²) in [6, 6.07) is 18.4. The first-order chi connectivity index (χ1) is 19.6. The number of nitrogens with one attached hydrogen (secondary N) is 1. The highest BCUT2D eigenvalue weighted by molar-refractivity contribution is 5.76. The van der Waals surface area contributed by atoms with Gasteiger partial charge in [-0.15, -0.1) is 5.10 Å². The third kappa shape index (κ3) is 5.26. The molecule has 5 aromatic rings. The fourth-order valence-electron chi connectivity index (χ4n) is 5.09. The van der Waals surface area contributed by atoms with E-state index < -0.39 is 5.82 Å². The molecule has 0 radical (unpaired) electrons. The predicted octanol–water partition coefficient (Wildman–Crippen LogP) is 5.91. The first-order valence-corrected chi connectivity index (χ1v) is 13.2. The van der Waals surface area contributed by atoms with Crippen molar-refractivity contribution >= 4 is 0 Å². The van der Waals surface area contributed by atoms with Crippen LogP contribution < -0.4 is 5.32 Å². The number of para-hydroxylation sites is 1. The molecule has 0 bridgehead atoms. The Balaban J connectivity index is 1.21. The molecule has 0 amide bonds. The van der Waals surface area contributed by atoms with E-state index in [-0.39, 0.29) is 17.5 Å². The maximum Gasteiger partial charge on any atom is 0.281 e. The summed E-state index contributed by atoms with van der Waals surface area (Å²) in [6.07, 6.45) is 7.26. The van der Waals surface area contributed by atoms with Gasteiger partial charge in [0.25, 0.3) is 5.89 Å². The van der Waals surface area contributed by atoms with Crippen LogP contribution in [0.1, 0.15) is 31.2 Å². The van der Waals surface area contributed by atoms with E-state index in [0.29, 0.717) is 29.0 Å². The number of halogens is 1. The Kier molecular flexibility index (Phi) is 7.15. The van der Waals surface area contributed by atoms with Gasteiger partial charge in [0.1, 0.15) is 17.2 Å². The summed E-state index contributed by atoms with van der Waals surface area (Å²) >= 11 is 0. The molecule has 202 valence electrons. The fraction of sp³-hybridized carbons (Fsp3) is 0.233. The number of aromatic nitrogens is 6. The van der Waals surface area contributed by atoms with E-state index in [1.165, 1.54) is 10.7 Å². The smallest absolute Gasteiger partial charge is 0.281 e. The number of benzene rings is 2. The van der Waals surface area contributed by atoms with E-state index in [4.69, 9.17) is 4.52 Å². The number of hydrogen-bond acceptors (Lipinski definition) is 8. The molecule has 10 heteroatoms. The Morgan fingerprint density at radius 2 is 1.75 bits per heavy atom. The standard InChI is InChI=1S/C30H28FN7O2/c1-19(39)21-10-12-24(13-11-21)33-18-20-6-8-23(9-7-20)29-34-30(40-36-29)27-28(22-14-16-32-17-15-22)38(37-35-27)26-5-3-2-4-25(26)31/h2-9,14-17,21,24,33,39H,1,10-13,18H2/t21-,24+. The van der Waals surface area contributed by atoms with Crippen molar-refractivity contribution in [2.24, 2.45) is 5.92 Å². The molecule has 1 saturated carbocycles. The molecule has 6 rings (SSSR count). The second-order valence-corrected chi connectivity index (χ2v) is 9.93. The molecule has 2 N–H and O–H groups in total. The van der Waals surface area contributed by atoms with Crippen LogP contribution in [0.3, 0.4) is 0 Å². The summed E-state index contributed by atoms with van der Waals surface area (Å²) in [5, 5.41) is 25.9. The summed E-state index contributed by atoms with van der Waals surface area (Å²) < 4.78 is 21.7. The lowest BCUT2D eigenvalue weighted by atomic mass is 9.85. The van der Waals surface area contributed by atoms with Gasteiger partial charge in [0.05, 0.1) is 5.76 Å². The van der Waals surface area contributed by atoms with Crippen molar-refractivity contribution in [2.75, 3.05) is 0 Å². The molecule has 1 fully saturated rings. The van der Waals surface area contributed by atoms with Crippen LogP contribution in [0.4, 0.5) is 4.39 Å². The van der Waals surface area contributed by atoms with Crippen molar-refractivity contribution in [3.05, 3.63) is 96.8 Å². The summed E-state index contributed by atoms with van der Waals surface area (Å²) in [7, 11) is 0. The fourth-order valence-corrected chi connectivity index (χ4v) is 5.09. The van der Waals surface area contributed by atoms with E-state index in [1.54, 1.807) is 42.7 Å². The van der Waals surface area contributed by atoms with Crippen molar-refractivity contribution in [3.8, 4) is 39.9 Å². The molecular weight excluding hydrogens is 509 g/mol. The second-order valence-electron chi connectivity index (χ2n) is 9.93. The molecule has 1 aliphatic carbocycles. The van der Waals surface area contributed by atoms with Crippen LogP contribution >= 0.6 is 0 Å². The minimum Gasteiger partial charge on any atom is -0.513 e. The van der Waals surface area contributed by atoms with Crippen molar-refractivity contribution in [1.82, 2.24) is 35.4 Å². The molecular formula is C30H28FN7O2. The number of rotatable bonds is 8. The number of pyridine rings is 1. The lowest BCUT2D eigenvalue weighted by Gasteiger charge is -2.28. The van der Waals surface area contributed by atoms with E-state index >= 15 is 0 Å². The monoisotopic (exact) mass is 537 g/mol. The summed E-state index contributed by atoms with van der Waals surface area (Å²) in [5.74, 6) is 0.692. The molecule has 0 unspecified atom stereocenters. The summed E-state index contributed by atoms with van der Waals surface area (Å²) in [5.41, 5.74) is 3.78. The Morgan fingerprint density at radius 1 is 1.00 bits per heavy atom. The van der Waals surface area contributed by atoms with Crippen LogP contribution in [-0.2, 0) is 6.54 Å². The molecule has 9 nitrogen and oxygen atoms in total. The van der Waals surface area contributed by atoms with Gasteiger partial charge in [-0.05, 0) is 55.5 Å². The van der Waals surface area contributed by atoms with Gasteiger partial charge in [0.2, 0.25) is 5.82 Å². The zero-order valence-electron chi connectivity index (χ0n) is 21.7. The summed E-state index contributed by atoms with van der Waals surface area (Å²) in [4.78, 5) is 8.68. The normalized spacial score (nSPS) is 17.1. The highest BCUT2D eigenvalue weighted by Crippen LogP contribution is 2.33. The maximum atomic E-state index is 14.7. The van der Waals surface area contributed by atoms with E-state index in [2.05, 4.69) is 37.3 Å². The van der Waals surface area contributed by atoms with Gasteiger partial charge in [-0.1, -0.05) is 53.3 Å². The number of aliphatic hydroxyl groups excluding tert-OH is 1. The highest BCUT2D eigenvalue weighted by Gasteiger charge is 2.25. The average Bonchev–Trinajstić information content (AvgIpc) is 3.65. The molecule has 0 spiro atoms. The minimum absolute atomic E-state index is 0.177. The van der Waals surface area contributed by atoms with Crippen LogP contribution in [-0.4, -0.2) is 41.3 Å². The zero-order chi connectivity index (χ0) is 27.5. The van der Waals surface area contributed by atoms with Crippen LogP contribution in [0.15, 0.2) is 89.9 Å². The third-order valence-electron chi connectivity index (χ3n) is 7.34. The highest BCUT2D eigenvalue weighted by atomic mass is 19.1. The number of allylic oxidation sites excluding steroid dienone is 1. The summed E-state index contributed by atoms with van der Waals surface area (Å²) in [6.45, 7) is 4.43. The van der Waals surface area contributed by atoms with Crippen LogP contribution in [0, 0.1) is 11.7 Å². The van der Waals surface area contributed by atoms with Gasteiger partial charge in [-0.2, -0.15) is 4.98 Å². The lowest BCUT2D eigenvalue weighted by Crippen LogP contribution is -2.33. The third-order valence-corrected chi connectivity index (χ3v) is 7.34. The number of nitrogens with zero attached hydrogens (tertiary/aromatic N) is 6. The van der Waals surface area contributed by atoms with Crippen molar-refractivity contribution in [2.45, 2.75) is 38.3 Å². The van der Waals surface area contributed by atoms with Crippen molar-refractivity contribution < 1.29 is 14.0 Å². The van der Waals surface area contributed by atoms with Gasteiger partial charge >= 0.3 is 0 Å². The van der Waals surface area contributed by atoms with Gasteiger partial charge in [-0.25, -0.2) is 9.07 Å². The molecule has 3 heterocycles. The molecule has 0 atom stereocenters. The Bertz CT molecular complexity index is 1610. The SMILES string of the molecule is C=C(O)[C@H]1CC[C@@H](NCc2ccc(-c3noc(-c4nnn(-c5ccccc5F)c4-c4ccncc4)n3)cc2)CC1. The lowest BCUT2D eigenvalue weighted by molar-refractivity contribution is 0.248. The molecule has 40 heavy (non-hydrogen) atoms. The quantitative estimate of drug-likeness (QED) is 0.235. The van der Waals surface area contributed by atoms with Gasteiger partial charge < -0.3 is 14.9 Å². The van der Waals surface area contributed by atoms with Crippen LogP contribution in [0.2, 0.25) is 0 Å². The first kappa shape index (κ1) is 25.6. The Hall–Kier alpha value is -4.70. The topological polar surface area (TPSA) is 115 Å². The zero-order valence-corrected chi connectivity index (χ0v) is 21.7. The molecule has 3 aromatic heterocycles. The van der Waals surface area contributed by atoms with Gasteiger partial charge in [0, 0.05) is 42.0 Å². The van der Waals surface area contributed by atoms with Crippen LogP contribution in [0.25, 0.3) is 39.9 Å². The Morgan fingerprint density at radius 3 is 2.48 bits per heavy atom. The van der Waals surface area contributed by atoms with Crippen molar-refractivity contribution in [1.29, 1.82) is 0 Å². The number of hydrogen-bond donors (Lipinski definition) is 2. The largest absolute Gasteiger partial charge is 0.513 e. The Labute approximate surface area is 230 Å². The molecule has 0 saturated heterocycles. The average molecular weight is 538 g/mol. The molecule has 2 aromatic carbocycles. The van der Waals surface area contributed by atoms with E-state index in [0.717, 1.165) is 48.9 Å². The van der Waals surface area contributed by atoms with Crippen molar-refractivity contribution in [3.63, 3.8) is 0 Å². The van der Waals surface area contributed by atoms with E-state index in [1.807, 2.05) is 24.3 Å². The maximum absolute atomic E-state index is 14.7. The minimum atomic E-state index is -0.432. The van der Waals surface area contributed by atoms with E-state index in [9.17, 15) is 9.50 Å². The van der Waals surface area contributed by atoms with Gasteiger partial charge in [0.15, 0.2) is 5.69 Å². The molecule has 1 aliphatic rings. The molecule has 0 aliphatic heterocycles. The predicted molar refractivity (Wildman–Crippen MR) is 148 cm³/mol.